The first-order valence-electron chi connectivity index (χ1n) is 42.1. The van der Waals surface area contributed by atoms with E-state index in [9.17, 15) is 67.4 Å². The number of anilines is 3. The molecule has 136 heavy (non-hydrogen) atoms. The summed E-state index contributed by atoms with van der Waals surface area (Å²) in [5.74, 6) is 0.296. The van der Waals surface area contributed by atoms with Gasteiger partial charge in [0.15, 0.2) is 17.4 Å². The molecule has 14 aromatic heterocycles. The van der Waals surface area contributed by atoms with Crippen molar-refractivity contribution in [3.05, 3.63) is 292 Å². The zero-order valence-corrected chi connectivity index (χ0v) is 77.0. The van der Waals surface area contributed by atoms with E-state index in [0.29, 0.717) is 156 Å². The Morgan fingerprint density at radius 1 is 0.493 bits per heavy atom. The fourth-order valence-corrected chi connectivity index (χ4v) is 20.2. The van der Waals surface area contributed by atoms with Crippen molar-refractivity contribution in [3.63, 3.8) is 0 Å². The van der Waals surface area contributed by atoms with Crippen LogP contribution in [0.5, 0.6) is 0 Å². The largest absolute Gasteiger partial charge is 0.391 e. The number of hydrogen-bond donors (Lipinski definition) is 15. The Morgan fingerprint density at radius 3 is 1.57 bits per heavy atom. The number of aliphatic hydroxyl groups is 1. The van der Waals surface area contributed by atoms with Gasteiger partial charge >= 0.3 is 0 Å². The number of Topliss-reactive ketones (excluding diaryl/α,β-unsaturated/α-hetero) is 1. The third kappa shape index (κ3) is 20.7. The van der Waals surface area contributed by atoms with Crippen molar-refractivity contribution in [2.45, 2.75) is 91.6 Å². The Kier molecular flexibility index (Phi) is 27.5. The van der Waals surface area contributed by atoms with Crippen molar-refractivity contribution >= 4 is 167 Å². The number of carbonyl (C=O) groups is 6. The summed E-state index contributed by atoms with van der Waals surface area (Å²) in [6.07, 6.45) is 8.73. The highest BCUT2D eigenvalue weighted by Gasteiger charge is 2.34. The topological polar surface area (TPSA) is 601 Å². The smallest absolute Gasteiger partial charge is 0.270 e. The summed E-state index contributed by atoms with van der Waals surface area (Å²) in [7, 11) is 0. The molecule has 3 unspecified atom stereocenters. The molecular weight excluding hydrogens is 1840 g/mol. The Morgan fingerprint density at radius 2 is 1.01 bits per heavy atom. The van der Waals surface area contributed by atoms with E-state index >= 15 is 0 Å². The van der Waals surface area contributed by atoms with E-state index in [1.807, 2.05) is 43.3 Å². The number of H-pyrrole nitrogens is 7. The number of thiophene rings is 5. The Balaban J connectivity index is 0.000000123. The summed E-state index contributed by atoms with van der Waals surface area (Å²) in [4.78, 5) is 221. The van der Waals surface area contributed by atoms with Crippen LogP contribution in [0.1, 0.15) is 112 Å². The monoisotopic (exact) mass is 1920 g/mol. The summed E-state index contributed by atoms with van der Waals surface area (Å²) < 4.78 is 2.28. The lowest BCUT2D eigenvalue weighted by molar-refractivity contribution is -0.121. The lowest BCUT2D eigenvalue weighted by Gasteiger charge is -2.22. The Labute approximate surface area is 787 Å². The minimum absolute atomic E-state index is 0.0180. The minimum Gasteiger partial charge on any atom is -0.391 e. The van der Waals surface area contributed by atoms with Gasteiger partial charge in [0.05, 0.1) is 62.6 Å². The minimum atomic E-state index is -0.502. The molecule has 0 spiro atoms. The fourth-order valence-electron chi connectivity index (χ4n) is 15.1. The average Bonchev–Trinajstić information content (AvgIpc) is 1.61. The number of carbonyl (C=O) groups excluding carboxylic acids is 6. The van der Waals surface area contributed by atoms with E-state index in [0.717, 1.165) is 90.2 Å². The quantitative estimate of drug-likeness (QED) is 0.0404. The normalized spacial score (nSPS) is 14.4. The number of nitrogens with zero attached hydrogens (tertiary/aromatic N) is 11. The third-order valence-electron chi connectivity index (χ3n) is 22.0. The standard InChI is InChI=1S/C19H16N6O3S.C19H18N4O3S.C18H14N6O3S.C18H17N5O3S.C18H18N4O2S/c1-9-7-21-12(23-17(9)26)8-22-18(27)14-10(2)13-15(29-14)19(28)25-16(24-13)11-5-3-4-6-20-11;1-10(24)14-6-3-7-23(14)18(26)12-5-2-4-11(8-12)15-9-13-16(27-15)17(25)22-19(20)21-13;1-9-7-20-13(23-16(9)25)8-21-17(26)12-6-11-14(28-12)18(27)24-15(22-11)10-4-2-3-5-19-10;1-8-12-14(17(26)23-18(19)22-12)27-13(8)9-3-2-4-10(7-9)15(24)21-11-5-6-20-16(11)25;1-10(22-6-5-13(23)9-22)11-3-2-4-12(7-11)15-8-14-16(25-15)17(24)21-18(19)20-14/h3-7H,8H2,1-2H3,(H,22,27)(H,21,23,26)(H,24,25,28);2,4-5,8-9,14H,3,6-7H2,1H3,(H3,20,21,22,25);2-7H,8H2,1H3,(H,21,26)(H,20,23,25)(H,22,24,27);2-4,7,11H,5-6H2,1H3,(H,20,25)(H,21,24)(H3,19,22,23,26);2-4,7-8,13,23H,1,5-6,9H2,(H3,19,20,21,24). The number of hydrogen-bond acceptors (Lipinski definition) is 32. The molecule has 3 saturated heterocycles. The lowest BCUT2D eigenvalue weighted by Crippen LogP contribution is -2.40. The number of aromatic nitrogens is 16. The van der Waals surface area contributed by atoms with Crippen LogP contribution < -0.4 is 77.4 Å². The number of fused-ring (bicyclic) bond motifs is 5. The average molecular weight is 1920 g/mol. The Hall–Kier alpha value is -16.2. The van der Waals surface area contributed by atoms with Gasteiger partial charge in [0, 0.05) is 93.5 Å². The van der Waals surface area contributed by atoms with Gasteiger partial charge in [0.25, 0.3) is 62.5 Å². The maximum atomic E-state index is 12.9. The van der Waals surface area contributed by atoms with E-state index in [4.69, 9.17) is 17.2 Å². The molecule has 0 aliphatic carbocycles. The van der Waals surface area contributed by atoms with Gasteiger partial charge in [0.2, 0.25) is 23.8 Å². The predicted molar refractivity (Wildman–Crippen MR) is 523 cm³/mol. The number of aryl methyl sites for hydroxylation is 4. The van der Waals surface area contributed by atoms with Gasteiger partial charge in [-0.05, 0) is 166 Å². The molecule has 39 nitrogen and oxygen atoms in total. The van der Waals surface area contributed by atoms with Gasteiger partial charge < -0.3 is 73.3 Å². The van der Waals surface area contributed by atoms with Crippen molar-refractivity contribution in [3.8, 4) is 54.4 Å². The molecule has 0 saturated carbocycles. The zero-order valence-electron chi connectivity index (χ0n) is 72.9. The summed E-state index contributed by atoms with van der Waals surface area (Å²) in [6.45, 7) is 15.3. The van der Waals surface area contributed by atoms with Crippen LogP contribution in [0.4, 0.5) is 17.8 Å². The molecule has 0 radical (unpaired) electrons. The number of aliphatic hydroxyl groups excluding tert-OH is 1. The number of ketones is 1. The first-order chi connectivity index (χ1) is 65.3. The number of nitrogen functional groups attached to an aromatic ring is 3. The lowest BCUT2D eigenvalue weighted by atomic mass is 10.1. The molecular formula is C92H83N25O14S5. The molecule has 17 aromatic rings. The maximum absolute atomic E-state index is 12.9. The zero-order chi connectivity index (χ0) is 96.0. The van der Waals surface area contributed by atoms with Crippen molar-refractivity contribution in [2.75, 3.05) is 43.4 Å². The van der Waals surface area contributed by atoms with Crippen LogP contribution in [0.2, 0.25) is 0 Å². The molecule has 3 aromatic carbocycles. The molecule has 3 atom stereocenters. The summed E-state index contributed by atoms with van der Waals surface area (Å²) in [6, 6.07) is 37.3. The van der Waals surface area contributed by atoms with Gasteiger partial charge in [-0.3, -0.25) is 87.2 Å². The van der Waals surface area contributed by atoms with Gasteiger partial charge in [-0.2, -0.15) is 0 Å². The van der Waals surface area contributed by atoms with Gasteiger partial charge in [-0.15, -0.1) is 56.7 Å². The van der Waals surface area contributed by atoms with Crippen LogP contribution in [-0.2, 0) is 22.7 Å². The van der Waals surface area contributed by atoms with E-state index < -0.39 is 6.04 Å². The van der Waals surface area contributed by atoms with Crippen LogP contribution in [0, 0.1) is 27.7 Å². The molecule has 44 heteroatoms. The maximum Gasteiger partial charge on any atom is 0.270 e. The number of amides is 5. The highest BCUT2D eigenvalue weighted by molar-refractivity contribution is 7.23. The molecule has 20 rings (SSSR count). The number of nitrogens with one attached hydrogen (secondary N) is 11. The van der Waals surface area contributed by atoms with E-state index in [1.165, 1.54) is 53.3 Å². The van der Waals surface area contributed by atoms with Crippen LogP contribution in [0.3, 0.4) is 0 Å². The number of pyridine rings is 2. The van der Waals surface area contributed by atoms with Crippen LogP contribution in [0.25, 0.3) is 111 Å². The van der Waals surface area contributed by atoms with Crippen molar-refractivity contribution in [1.29, 1.82) is 0 Å². The number of rotatable bonds is 17. The molecule has 690 valence electrons. The van der Waals surface area contributed by atoms with Crippen LogP contribution >= 0.6 is 56.7 Å². The SMILES string of the molecule is C=C(c1cccc(-c2cc3nc(N)[nH]c(=O)c3s2)c1)N1CCC(O)C1.CC(=O)C1CCCN1C(=O)c1cccc(-c2cc3nc(N)[nH]c(=O)c3s2)c1.Cc1c(-c2cccc(C(=O)NC3CCNC3=O)c2)sc2c(=O)[nH]c(N)nc12.Cc1cnc(CNC(=O)c2cc3nc(-c4ccccn4)[nH]c(=O)c3s2)[nH]c1=O.Cc1cnc(CNC(=O)c2sc3c(=O)[nH]c(-c4ccccn4)nc3c2C)[nH]c1=O. The first kappa shape index (κ1) is 93.1. The molecule has 3 aliphatic heterocycles. The molecule has 18 N–H and O–H groups in total. The molecule has 0 bridgehead atoms. The number of β-amino-alcohol motifs (C(OH)–C–C–N with tert-alkyl or cyclic N) is 1. The molecule has 3 aliphatic rings. The van der Waals surface area contributed by atoms with Crippen molar-refractivity contribution < 1.29 is 33.9 Å². The highest BCUT2D eigenvalue weighted by Crippen LogP contribution is 2.39. The molecule has 5 amide bonds. The second kappa shape index (κ2) is 40.1. The van der Waals surface area contributed by atoms with Crippen molar-refractivity contribution in [1.82, 2.24) is 111 Å². The van der Waals surface area contributed by atoms with E-state index in [-0.39, 0.29) is 117 Å². The number of benzene rings is 3. The van der Waals surface area contributed by atoms with Crippen molar-refractivity contribution in [2.24, 2.45) is 0 Å². The van der Waals surface area contributed by atoms with Gasteiger partial charge in [0.1, 0.15) is 52.6 Å². The van der Waals surface area contributed by atoms with Crippen LogP contribution in [-0.4, -0.2) is 174 Å². The summed E-state index contributed by atoms with van der Waals surface area (Å²) in [5.41, 5.74) is 26.5. The summed E-state index contributed by atoms with van der Waals surface area (Å²) in [5, 5.41) is 20.6. The summed E-state index contributed by atoms with van der Waals surface area (Å²) >= 11 is 6.12. The van der Waals surface area contributed by atoms with E-state index in [2.05, 4.69) is 119 Å². The fraction of sp³-hybridized carbons (Fsp3) is 0.196. The number of nitrogens with two attached hydrogens (primary N) is 3. The first-order valence-corrected chi connectivity index (χ1v) is 46.2. The predicted octanol–water partition coefficient (Wildman–Crippen LogP) is 8.90. The number of aromatic amines is 7. The second-order valence-electron chi connectivity index (χ2n) is 31.6. The second-order valence-corrected chi connectivity index (χ2v) is 36.8. The number of likely N-dealkylation sites (tertiary alicyclic amines) is 2. The van der Waals surface area contributed by atoms with E-state index in [1.54, 1.807) is 123 Å². The molecule has 17 heterocycles. The third-order valence-corrected chi connectivity index (χ3v) is 28.1. The highest BCUT2D eigenvalue weighted by atomic mass is 32.1. The van der Waals surface area contributed by atoms with Gasteiger partial charge in [-0.1, -0.05) is 61.2 Å². The molecule has 3 fully saturated rings. The Bertz CT molecular complexity index is 8070. The van der Waals surface area contributed by atoms with Gasteiger partial charge in [-0.25, -0.2) is 34.9 Å². The van der Waals surface area contributed by atoms with Crippen LogP contribution in [0.15, 0.2) is 192 Å².